The average molecular weight is 362 g/mol. The molecule has 5 heteroatoms. The van der Waals surface area contributed by atoms with Gasteiger partial charge in [0, 0.05) is 32.1 Å². The van der Waals surface area contributed by atoms with Crippen LogP contribution in [0, 0.1) is 0 Å². The predicted octanol–water partition coefficient (Wildman–Crippen LogP) is 2.49. The fraction of sp³-hybridized carbons (Fsp3) is 0.409. The largest absolute Gasteiger partial charge is 0.391 e. The number of benzene rings is 2. The lowest BCUT2D eigenvalue weighted by Gasteiger charge is -2.36. The lowest BCUT2D eigenvalue weighted by molar-refractivity contribution is 0.0471. The van der Waals surface area contributed by atoms with Crippen LogP contribution in [-0.4, -0.2) is 45.5 Å². The Morgan fingerprint density at radius 1 is 1.07 bits per heavy atom. The molecule has 5 nitrogen and oxygen atoms in total. The molecule has 3 heterocycles. The first kappa shape index (κ1) is 16.9. The zero-order chi connectivity index (χ0) is 18.2. The van der Waals surface area contributed by atoms with Crippen LogP contribution in [0.4, 0.5) is 0 Å². The summed E-state index contributed by atoms with van der Waals surface area (Å²) in [7, 11) is 0. The second-order valence-electron chi connectivity index (χ2n) is 7.83. The van der Waals surface area contributed by atoms with Gasteiger partial charge in [-0.2, -0.15) is 5.10 Å². The zero-order valence-corrected chi connectivity index (χ0v) is 15.5. The van der Waals surface area contributed by atoms with E-state index in [-0.39, 0.29) is 12.0 Å². The van der Waals surface area contributed by atoms with Crippen molar-refractivity contribution in [1.29, 1.82) is 0 Å². The number of aliphatic hydroxyl groups is 1. The predicted molar refractivity (Wildman–Crippen MR) is 107 cm³/mol. The van der Waals surface area contributed by atoms with Gasteiger partial charge in [0.25, 0.3) is 0 Å². The van der Waals surface area contributed by atoms with E-state index in [1.54, 1.807) is 0 Å². The summed E-state index contributed by atoms with van der Waals surface area (Å²) in [6.07, 6.45) is 0.646. The summed E-state index contributed by atoms with van der Waals surface area (Å²) in [5, 5.41) is 21.5. The Morgan fingerprint density at radius 2 is 1.96 bits per heavy atom. The molecule has 0 radical (unpaired) electrons. The Hall–Kier alpha value is -2.21. The third-order valence-corrected chi connectivity index (χ3v) is 5.97. The van der Waals surface area contributed by atoms with E-state index in [9.17, 15) is 5.11 Å². The molecule has 0 bridgehead atoms. The molecule has 0 spiro atoms. The SMILES string of the molecule is O[C@@H]1CN(Cc2cc3n(n2)CCNC3)CC[C@H]1c1ccc2ccccc2c1. The van der Waals surface area contributed by atoms with Crippen LogP contribution in [0.1, 0.15) is 29.3 Å². The van der Waals surface area contributed by atoms with E-state index in [4.69, 9.17) is 5.10 Å². The van der Waals surface area contributed by atoms with Gasteiger partial charge in [-0.05, 0) is 35.4 Å². The van der Waals surface area contributed by atoms with Crippen LogP contribution in [-0.2, 0) is 19.6 Å². The molecule has 2 aliphatic heterocycles. The first-order valence-corrected chi connectivity index (χ1v) is 9.92. The molecule has 0 amide bonds. The Morgan fingerprint density at radius 3 is 2.81 bits per heavy atom. The van der Waals surface area contributed by atoms with Gasteiger partial charge in [0.2, 0.25) is 0 Å². The maximum absolute atomic E-state index is 10.8. The van der Waals surface area contributed by atoms with E-state index in [2.05, 4.69) is 63.4 Å². The molecule has 0 saturated carbocycles. The fourth-order valence-electron chi connectivity index (χ4n) is 4.53. The number of aromatic nitrogens is 2. The van der Waals surface area contributed by atoms with E-state index in [0.29, 0.717) is 6.54 Å². The molecule has 5 rings (SSSR count). The van der Waals surface area contributed by atoms with Crippen molar-refractivity contribution in [3.8, 4) is 0 Å². The van der Waals surface area contributed by atoms with Crippen molar-refractivity contribution in [2.24, 2.45) is 0 Å². The molecule has 0 unspecified atom stereocenters. The van der Waals surface area contributed by atoms with Crippen molar-refractivity contribution >= 4 is 10.8 Å². The summed E-state index contributed by atoms with van der Waals surface area (Å²) in [6, 6.07) is 17.2. The van der Waals surface area contributed by atoms with Crippen LogP contribution in [0.5, 0.6) is 0 Å². The quantitative estimate of drug-likeness (QED) is 0.752. The topological polar surface area (TPSA) is 53.3 Å². The second-order valence-corrected chi connectivity index (χ2v) is 7.83. The Labute approximate surface area is 159 Å². The van der Waals surface area contributed by atoms with Gasteiger partial charge in [-0.15, -0.1) is 0 Å². The number of hydrogen-bond donors (Lipinski definition) is 2. The number of fused-ring (bicyclic) bond motifs is 2. The Kier molecular flexibility index (Phi) is 4.44. The van der Waals surface area contributed by atoms with Crippen molar-refractivity contribution in [2.45, 2.75) is 38.1 Å². The van der Waals surface area contributed by atoms with Gasteiger partial charge >= 0.3 is 0 Å². The fourth-order valence-corrected chi connectivity index (χ4v) is 4.53. The van der Waals surface area contributed by atoms with Crippen molar-refractivity contribution in [1.82, 2.24) is 20.0 Å². The lowest BCUT2D eigenvalue weighted by Crippen LogP contribution is -2.42. The monoisotopic (exact) mass is 362 g/mol. The Balaban J connectivity index is 1.27. The molecular formula is C22H26N4O. The number of rotatable bonds is 3. The van der Waals surface area contributed by atoms with Gasteiger partial charge in [-0.1, -0.05) is 42.5 Å². The van der Waals surface area contributed by atoms with Crippen molar-refractivity contribution < 1.29 is 5.11 Å². The van der Waals surface area contributed by atoms with Crippen LogP contribution in [0.3, 0.4) is 0 Å². The van der Waals surface area contributed by atoms with E-state index >= 15 is 0 Å². The minimum atomic E-state index is -0.334. The third kappa shape index (κ3) is 3.38. The number of piperidine rings is 1. The van der Waals surface area contributed by atoms with Crippen LogP contribution >= 0.6 is 0 Å². The normalized spacial score (nSPS) is 23.4. The van der Waals surface area contributed by atoms with Gasteiger partial charge in [0.15, 0.2) is 0 Å². The number of likely N-dealkylation sites (tertiary alicyclic amines) is 1. The lowest BCUT2D eigenvalue weighted by atomic mass is 9.86. The van der Waals surface area contributed by atoms with E-state index in [0.717, 1.165) is 44.8 Å². The van der Waals surface area contributed by atoms with E-state index in [1.165, 1.54) is 22.0 Å². The number of aliphatic hydroxyl groups excluding tert-OH is 1. The molecule has 140 valence electrons. The highest BCUT2D eigenvalue weighted by Gasteiger charge is 2.29. The number of β-amino-alcohol motifs (C(OH)–C–C–N with tert-alkyl or cyclic N) is 1. The van der Waals surface area contributed by atoms with Gasteiger partial charge < -0.3 is 10.4 Å². The molecule has 3 aromatic rings. The summed E-state index contributed by atoms with van der Waals surface area (Å²) in [5.41, 5.74) is 3.64. The van der Waals surface area contributed by atoms with Crippen molar-refractivity contribution in [2.75, 3.05) is 19.6 Å². The van der Waals surface area contributed by atoms with Crippen LogP contribution in [0.15, 0.2) is 48.5 Å². The zero-order valence-electron chi connectivity index (χ0n) is 15.5. The molecule has 2 atom stereocenters. The maximum Gasteiger partial charge on any atom is 0.0768 e. The molecule has 1 saturated heterocycles. The molecule has 27 heavy (non-hydrogen) atoms. The third-order valence-electron chi connectivity index (χ3n) is 5.97. The molecule has 1 aromatic heterocycles. The standard InChI is InChI=1S/C22H26N4O/c27-22-15-25(14-19-12-20-13-23-8-10-26(20)24-19)9-7-21(22)18-6-5-16-3-1-2-4-17(16)11-18/h1-6,11-12,21-23,27H,7-10,13-15H2/t21-,22+/m0/s1. The van der Waals surface area contributed by atoms with Crippen molar-refractivity contribution in [3.63, 3.8) is 0 Å². The first-order valence-electron chi connectivity index (χ1n) is 9.92. The smallest absolute Gasteiger partial charge is 0.0768 e. The minimum Gasteiger partial charge on any atom is -0.391 e. The number of nitrogens with zero attached hydrogens (tertiary/aromatic N) is 3. The molecule has 2 aliphatic rings. The van der Waals surface area contributed by atoms with Gasteiger partial charge in [0.1, 0.15) is 0 Å². The molecule has 1 fully saturated rings. The van der Waals surface area contributed by atoms with Crippen molar-refractivity contribution in [3.05, 3.63) is 65.5 Å². The summed E-state index contributed by atoms with van der Waals surface area (Å²) in [6.45, 7) is 5.36. The van der Waals surface area contributed by atoms with Crippen LogP contribution in [0.2, 0.25) is 0 Å². The highest BCUT2D eigenvalue weighted by atomic mass is 16.3. The number of hydrogen-bond acceptors (Lipinski definition) is 4. The molecule has 0 aliphatic carbocycles. The summed E-state index contributed by atoms with van der Waals surface area (Å²) in [5.74, 6) is 0.213. The van der Waals surface area contributed by atoms with Gasteiger partial charge in [0.05, 0.1) is 24.0 Å². The van der Waals surface area contributed by atoms with Gasteiger partial charge in [-0.3, -0.25) is 9.58 Å². The highest BCUT2D eigenvalue weighted by molar-refractivity contribution is 5.83. The van der Waals surface area contributed by atoms with E-state index in [1.807, 2.05) is 0 Å². The molecular weight excluding hydrogens is 336 g/mol. The second kappa shape index (κ2) is 7.08. The maximum atomic E-state index is 10.8. The Bertz CT molecular complexity index is 927. The van der Waals surface area contributed by atoms with E-state index < -0.39 is 0 Å². The average Bonchev–Trinajstić information content (AvgIpc) is 3.10. The highest BCUT2D eigenvalue weighted by Crippen LogP contribution is 2.31. The van der Waals surface area contributed by atoms with Gasteiger partial charge in [-0.25, -0.2) is 0 Å². The first-order chi connectivity index (χ1) is 13.3. The summed E-state index contributed by atoms with van der Waals surface area (Å²) in [4.78, 5) is 2.34. The summed E-state index contributed by atoms with van der Waals surface area (Å²) >= 11 is 0. The van der Waals surface area contributed by atoms with Crippen LogP contribution < -0.4 is 5.32 Å². The number of nitrogens with one attached hydrogen (secondary N) is 1. The molecule has 2 aromatic carbocycles. The summed E-state index contributed by atoms with van der Waals surface area (Å²) < 4.78 is 2.12. The minimum absolute atomic E-state index is 0.213. The molecule has 2 N–H and O–H groups in total. The van der Waals surface area contributed by atoms with Crippen LogP contribution in [0.25, 0.3) is 10.8 Å².